The molecule has 1 aliphatic rings. The Balaban J connectivity index is 1.80. The van der Waals surface area contributed by atoms with E-state index in [0.29, 0.717) is 5.92 Å². The summed E-state index contributed by atoms with van der Waals surface area (Å²) in [5, 5.41) is -1.27. The van der Waals surface area contributed by atoms with Gasteiger partial charge in [-0.3, -0.25) is 0 Å². The zero-order valence-electron chi connectivity index (χ0n) is 13.8. The Morgan fingerprint density at radius 1 is 0.923 bits per heavy atom. The van der Waals surface area contributed by atoms with Crippen LogP contribution in [0.1, 0.15) is 50.5 Å². The van der Waals surface area contributed by atoms with Crippen molar-refractivity contribution in [3.63, 3.8) is 0 Å². The van der Waals surface area contributed by atoms with E-state index in [0.717, 1.165) is 31.2 Å². The summed E-state index contributed by atoms with van der Waals surface area (Å²) in [4.78, 5) is 4.53. The molecule has 2 rings (SSSR count). The summed E-state index contributed by atoms with van der Waals surface area (Å²) >= 11 is -1.25. The first-order valence-electron chi connectivity index (χ1n) is 7.97. The monoisotopic (exact) mass is 404 g/mol. The van der Waals surface area contributed by atoms with Gasteiger partial charge < -0.3 is 4.89 Å². The molecule has 1 aromatic rings. The van der Waals surface area contributed by atoms with Crippen LogP contribution < -0.4 is 4.89 Å². The molecule has 0 unspecified atom stereocenters. The van der Waals surface area contributed by atoms with Gasteiger partial charge in [0.2, 0.25) is 0 Å². The van der Waals surface area contributed by atoms with Gasteiger partial charge in [-0.15, -0.1) is 4.33 Å². The van der Waals surface area contributed by atoms with Crippen molar-refractivity contribution in [2.24, 2.45) is 0 Å². The van der Waals surface area contributed by atoms with Gasteiger partial charge in [-0.1, -0.05) is 31.4 Å². The minimum atomic E-state index is -5.63. The summed E-state index contributed by atoms with van der Waals surface area (Å²) in [5.41, 5.74) is 1.10. The molecule has 1 fully saturated rings. The molecular formula is C16H18F6O3S. The zero-order valence-corrected chi connectivity index (χ0v) is 14.6. The van der Waals surface area contributed by atoms with Gasteiger partial charge in [0.25, 0.3) is 0 Å². The molecule has 0 bridgehead atoms. The molecule has 3 nitrogen and oxygen atoms in total. The summed E-state index contributed by atoms with van der Waals surface area (Å²) < 4.78 is 81.2. The molecule has 0 aromatic heterocycles. The average molecular weight is 404 g/mol. The van der Waals surface area contributed by atoms with Gasteiger partial charge in [0, 0.05) is 6.92 Å². The highest BCUT2D eigenvalue weighted by Crippen LogP contribution is 2.51. The highest BCUT2D eigenvalue weighted by molar-refractivity contribution is 7.95. The maximum atomic E-state index is 13.2. The number of hydrogen-bond acceptors (Lipinski definition) is 4. The van der Waals surface area contributed by atoms with Gasteiger partial charge in [0.15, 0.2) is 5.75 Å². The van der Waals surface area contributed by atoms with Crippen LogP contribution in [0.3, 0.4) is 0 Å². The third-order valence-corrected chi connectivity index (χ3v) is 4.76. The lowest BCUT2D eigenvalue weighted by Crippen LogP contribution is -2.50. The maximum Gasteiger partial charge on any atom is 0.389 e. The maximum absolute atomic E-state index is 13.2. The molecular weight excluding hydrogens is 386 g/mol. The van der Waals surface area contributed by atoms with Crippen molar-refractivity contribution in [3.05, 3.63) is 29.8 Å². The lowest BCUT2D eigenvalue weighted by molar-refractivity contribution is -0.407. The predicted octanol–water partition coefficient (Wildman–Crippen LogP) is 6.51. The molecule has 1 saturated carbocycles. The summed E-state index contributed by atoms with van der Waals surface area (Å²) in [6, 6.07) is 6.57. The van der Waals surface area contributed by atoms with Gasteiger partial charge >= 0.3 is 17.1 Å². The predicted molar refractivity (Wildman–Crippen MR) is 83.2 cm³/mol. The fourth-order valence-electron chi connectivity index (χ4n) is 2.65. The Kier molecular flexibility index (Phi) is 6.73. The normalized spacial score (nSPS) is 17.3. The van der Waals surface area contributed by atoms with E-state index in [1.165, 1.54) is 18.6 Å². The van der Waals surface area contributed by atoms with Crippen LogP contribution in [0.4, 0.5) is 26.3 Å². The van der Waals surface area contributed by atoms with Crippen molar-refractivity contribution in [2.45, 2.75) is 62.0 Å². The molecule has 0 aliphatic heterocycles. The fourth-order valence-corrected chi connectivity index (χ4v) is 3.07. The number of alkyl halides is 6. The van der Waals surface area contributed by atoms with E-state index in [-0.39, 0.29) is 12.7 Å². The minimum absolute atomic E-state index is 0.0843. The van der Waals surface area contributed by atoms with Crippen LogP contribution in [-0.2, 0) is 9.37 Å². The van der Waals surface area contributed by atoms with Gasteiger partial charge in [0.05, 0.1) is 0 Å². The van der Waals surface area contributed by atoms with Crippen molar-refractivity contribution < 1.29 is 40.6 Å². The molecule has 26 heavy (non-hydrogen) atoms. The number of benzene rings is 1. The molecule has 0 N–H and O–H groups in total. The van der Waals surface area contributed by atoms with E-state index in [9.17, 15) is 26.3 Å². The van der Waals surface area contributed by atoms with E-state index in [2.05, 4.69) is 14.3 Å². The van der Waals surface area contributed by atoms with Gasteiger partial charge in [-0.05, 0) is 41.5 Å². The molecule has 0 atom stereocenters. The van der Waals surface area contributed by atoms with E-state index in [1.807, 2.05) is 0 Å². The van der Waals surface area contributed by atoms with Crippen LogP contribution in [0.15, 0.2) is 24.3 Å². The highest BCUT2D eigenvalue weighted by atomic mass is 32.2. The fraction of sp³-hybridized carbons (Fsp3) is 0.625. The third kappa shape index (κ3) is 4.98. The van der Waals surface area contributed by atoms with E-state index in [1.54, 1.807) is 12.1 Å². The summed E-state index contributed by atoms with van der Waals surface area (Å²) in [6.07, 6.45) is 5.71. The molecule has 1 aromatic carbocycles. The molecule has 10 heteroatoms. The lowest BCUT2D eigenvalue weighted by Gasteiger charge is -2.28. The Morgan fingerprint density at radius 3 is 2.04 bits per heavy atom. The quantitative estimate of drug-likeness (QED) is 0.162. The molecule has 0 spiro atoms. The number of hydrogen-bond donors (Lipinski definition) is 0. The Labute approximate surface area is 151 Å². The largest absolute Gasteiger partial charge is 0.389 e. The second kappa shape index (κ2) is 8.26. The molecule has 0 radical (unpaired) electrons. The molecule has 0 amide bonds. The van der Waals surface area contributed by atoms with Crippen molar-refractivity contribution in [3.8, 4) is 5.75 Å². The van der Waals surface area contributed by atoms with Crippen molar-refractivity contribution >= 4 is 12.0 Å². The molecule has 0 saturated heterocycles. The van der Waals surface area contributed by atoms with Gasteiger partial charge in [-0.2, -0.15) is 26.3 Å². The highest BCUT2D eigenvalue weighted by Gasteiger charge is 2.70. The van der Waals surface area contributed by atoms with Gasteiger partial charge in [-0.25, -0.2) is 0 Å². The van der Waals surface area contributed by atoms with Crippen LogP contribution in [0.5, 0.6) is 5.75 Å². The van der Waals surface area contributed by atoms with Crippen LogP contribution in [-0.4, -0.2) is 17.1 Å². The zero-order chi connectivity index (χ0) is 19.4. The van der Waals surface area contributed by atoms with Crippen molar-refractivity contribution in [1.29, 1.82) is 0 Å². The topological polar surface area (TPSA) is 27.7 Å². The van der Waals surface area contributed by atoms with Crippen LogP contribution >= 0.6 is 12.0 Å². The van der Waals surface area contributed by atoms with E-state index in [4.69, 9.17) is 0 Å². The summed E-state index contributed by atoms with van der Waals surface area (Å²) in [5.74, 6) is -10.0. The molecule has 0 heterocycles. The standard InChI is InChI=1S/C16H18F6O3S/c1-14(17,18)15(19,20)16(21,22)26-25-24-23-13-9-7-12(8-10-13)11-5-3-2-4-6-11/h7-11H,2-6H2,1H3. The second-order valence-corrected chi connectivity index (χ2v) is 7.00. The first kappa shape index (κ1) is 21.2. The Morgan fingerprint density at radius 2 is 1.50 bits per heavy atom. The lowest BCUT2D eigenvalue weighted by atomic mass is 9.84. The van der Waals surface area contributed by atoms with Crippen molar-refractivity contribution in [1.82, 2.24) is 0 Å². The first-order valence-corrected chi connectivity index (χ1v) is 8.71. The smallest absolute Gasteiger partial charge is 0.307 e. The molecule has 148 valence electrons. The van der Waals surface area contributed by atoms with Crippen LogP contribution in [0.2, 0.25) is 0 Å². The SMILES string of the molecule is CC(F)(F)C(F)(F)C(F)(F)SOOOc1ccc(C2CCCCC2)cc1. The minimum Gasteiger partial charge on any atom is -0.307 e. The second-order valence-electron chi connectivity index (χ2n) is 6.19. The first-order chi connectivity index (χ1) is 12.0. The number of halogens is 6. The van der Waals surface area contributed by atoms with Gasteiger partial charge in [0.1, 0.15) is 12.0 Å². The van der Waals surface area contributed by atoms with Crippen molar-refractivity contribution in [2.75, 3.05) is 0 Å². The Hall–Kier alpha value is -1.13. The van der Waals surface area contributed by atoms with Crippen LogP contribution in [0.25, 0.3) is 0 Å². The number of rotatable bonds is 8. The van der Waals surface area contributed by atoms with E-state index >= 15 is 0 Å². The van der Waals surface area contributed by atoms with Crippen LogP contribution in [0, 0.1) is 0 Å². The Bertz CT molecular complexity index is 570. The summed E-state index contributed by atoms with van der Waals surface area (Å²) in [6.45, 7) is -0.313. The average Bonchev–Trinajstić information content (AvgIpc) is 2.59. The third-order valence-electron chi connectivity index (χ3n) is 4.17. The summed E-state index contributed by atoms with van der Waals surface area (Å²) in [7, 11) is 0. The molecule has 1 aliphatic carbocycles. The van der Waals surface area contributed by atoms with E-state index < -0.39 is 29.1 Å².